The summed E-state index contributed by atoms with van der Waals surface area (Å²) in [6, 6.07) is 13.0. The molecule has 0 unspecified atom stereocenters. The van der Waals surface area contributed by atoms with E-state index in [1.807, 2.05) is 39.0 Å². The van der Waals surface area contributed by atoms with E-state index in [1.54, 1.807) is 24.3 Å². The summed E-state index contributed by atoms with van der Waals surface area (Å²) in [5.74, 6) is -0.560. The highest BCUT2D eigenvalue weighted by Crippen LogP contribution is 2.32. The Morgan fingerprint density at radius 2 is 1.69 bits per heavy atom. The van der Waals surface area contributed by atoms with Crippen LogP contribution >= 0.6 is 11.6 Å². The number of anilines is 1. The zero-order chi connectivity index (χ0) is 18.8. The molecular weight excluding hydrogens is 348 g/mol. The summed E-state index contributed by atoms with van der Waals surface area (Å²) in [5, 5.41) is 3.80. The first kappa shape index (κ1) is 18.2. The molecule has 2 amide bonds. The van der Waals surface area contributed by atoms with Gasteiger partial charge in [-0.15, -0.1) is 0 Å². The van der Waals surface area contributed by atoms with Gasteiger partial charge in [-0.2, -0.15) is 0 Å². The second kappa shape index (κ2) is 7.34. The highest BCUT2D eigenvalue weighted by atomic mass is 35.5. The molecule has 0 saturated heterocycles. The van der Waals surface area contributed by atoms with E-state index in [-0.39, 0.29) is 11.8 Å². The molecule has 0 bridgehead atoms. The number of hydrogen-bond donors (Lipinski definition) is 1. The lowest BCUT2D eigenvalue weighted by atomic mass is 10.0. The van der Waals surface area contributed by atoms with Gasteiger partial charge in [0.25, 0.3) is 11.8 Å². The van der Waals surface area contributed by atoms with E-state index < -0.39 is 0 Å². The van der Waals surface area contributed by atoms with Gasteiger partial charge in [-0.25, -0.2) is 0 Å². The minimum atomic E-state index is -0.289. The minimum Gasteiger partial charge on any atom is -0.350 e. The number of nitrogens with one attached hydrogen (secondary N) is 1. The van der Waals surface area contributed by atoms with E-state index in [2.05, 4.69) is 5.32 Å². The van der Waals surface area contributed by atoms with Gasteiger partial charge in [-0.1, -0.05) is 42.8 Å². The van der Waals surface area contributed by atoms with Crippen LogP contribution in [-0.2, 0) is 9.59 Å². The number of carbonyl (C=O) groups excluding carboxylic acids is 2. The van der Waals surface area contributed by atoms with Gasteiger partial charge >= 0.3 is 0 Å². The third-order valence-electron chi connectivity index (χ3n) is 4.40. The second-order valence-corrected chi connectivity index (χ2v) is 6.90. The fraction of sp³-hybridized carbons (Fsp3) is 0.238. The van der Waals surface area contributed by atoms with E-state index in [9.17, 15) is 9.59 Å². The van der Waals surface area contributed by atoms with Crippen molar-refractivity contribution in [1.29, 1.82) is 0 Å². The van der Waals surface area contributed by atoms with Crippen LogP contribution in [0.15, 0.2) is 48.2 Å². The van der Waals surface area contributed by atoms with Gasteiger partial charge in [-0.05, 0) is 55.2 Å². The van der Waals surface area contributed by atoms with Crippen molar-refractivity contribution >= 4 is 34.7 Å². The molecule has 5 heteroatoms. The number of halogens is 1. The first-order valence-corrected chi connectivity index (χ1v) is 9.01. The van der Waals surface area contributed by atoms with Crippen molar-refractivity contribution in [2.45, 2.75) is 27.2 Å². The second-order valence-electron chi connectivity index (χ2n) is 6.46. The van der Waals surface area contributed by atoms with Crippen LogP contribution in [0.5, 0.6) is 0 Å². The maximum Gasteiger partial charge on any atom is 0.278 e. The van der Waals surface area contributed by atoms with E-state index in [4.69, 9.17) is 11.6 Å². The number of benzene rings is 2. The molecule has 0 aliphatic carbocycles. The lowest BCUT2D eigenvalue weighted by Crippen LogP contribution is -2.33. The molecule has 1 aliphatic heterocycles. The molecule has 0 spiro atoms. The van der Waals surface area contributed by atoms with E-state index in [1.165, 1.54) is 4.90 Å². The predicted molar refractivity (Wildman–Crippen MR) is 105 cm³/mol. The zero-order valence-electron chi connectivity index (χ0n) is 15.1. The molecule has 4 nitrogen and oxygen atoms in total. The van der Waals surface area contributed by atoms with Crippen molar-refractivity contribution < 1.29 is 9.59 Å². The van der Waals surface area contributed by atoms with Gasteiger partial charge in [0.1, 0.15) is 5.70 Å². The molecule has 2 aromatic rings. The van der Waals surface area contributed by atoms with Gasteiger partial charge in [0, 0.05) is 17.3 Å². The number of aryl methyl sites for hydroxylation is 2. The molecule has 1 aliphatic rings. The molecule has 1 heterocycles. The highest BCUT2D eigenvalue weighted by Gasteiger charge is 2.38. The van der Waals surface area contributed by atoms with Crippen molar-refractivity contribution in [2.75, 3.05) is 11.9 Å². The number of amides is 2. The quantitative estimate of drug-likeness (QED) is 0.787. The predicted octanol–water partition coefficient (Wildman–Crippen LogP) is 4.56. The van der Waals surface area contributed by atoms with Crippen LogP contribution in [0.4, 0.5) is 5.69 Å². The summed E-state index contributed by atoms with van der Waals surface area (Å²) in [6.07, 6.45) is 0.710. The monoisotopic (exact) mass is 368 g/mol. The Hall–Kier alpha value is -2.59. The lowest BCUT2D eigenvalue weighted by Gasteiger charge is -2.14. The van der Waals surface area contributed by atoms with Crippen LogP contribution in [0.3, 0.4) is 0 Å². The molecule has 26 heavy (non-hydrogen) atoms. The van der Waals surface area contributed by atoms with Crippen LogP contribution in [0.25, 0.3) is 5.57 Å². The topological polar surface area (TPSA) is 49.4 Å². The largest absolute Gasteiger partial charge is 0.350 e. The van der Waals surface area contributed by atoms with E-state index >= 15 is 0 Å². The highest BCUT2D eigenvalue weighted by molar-refractivity contribution is 6.37. The Labute approximate surface area is 158 Å². The van der Waals surface area contributed by atoms with Crippen LogP contribution in [0.2, 0.25) is 5.02 Å². The molecule has 134 valence electrons. The Kier molecular flexibility index (Phi) is 5.14. The van der Waals surface area contributed by atoms with Crippen molar-refractivity contribution in [1.82, 2.24) is 4.90 Å². The number of hydrogen-bond acceptors (Lipinski definition) is 3. The van der Waals surface area contributed by atoms with Gasteiger partial charge in [0.05, 0.1) is 5.57 Å². The summed E-state index contributed by atoms with van der Waals surface area (Å²) in [6.45, 7) is 6.30. The van der Waals surface area contributed by atoms with Crippen molar-refractivity contribution in [3.63, 3.8) is 0 Å². The maximum atomic E-state index is 12.9. The molecule has 1 N–H and O–H groups in total. The molecule has 0 aromatic heterocycles. The summed E-state index contributed by atoms with van der Waals surface area (Å²) in [7, 11) is 0. The standard InChI is InChI=1S/C21H21ClN2O2/c1-4-11-24-20(25)18(15-7-9-16(22)10-8-15)19(21(24)26)23-17-12-13(2)5-6-14(17)3/h5-10,12,23H,4,11H2,1-3H3. The summed E-state index contributed by atoms with van der Waals surface area (Å²) < 4.78 is 0. The Morgan fingerprint density at radius 3 is 2.35 bits per heavy atom. The van der Waals surface area contributed by atoms with Crippen molar-refractivity contribution in [2.24, 2.45) is 0 Å². The van der Waals surface area contributed by atoms with Crippen LogP contribution in [-0.4, -0.2) is 23.3 Å². The maximum absolute atomic E-state index is 12.9. The van der Waals surface area contributed by atoms with Gasteiger partial charge in [-0.3, -0.25) is 14.5 Å². The van der Waals surface area contributed by atoms with Crippen LogP contribution < -0.4 is 5.32 Å². The van der Waals surface area contributed by atoms with Gasteiger partial charge in [0.15, 0.2) is 0 Å². The number of carbonyl (C=O) groups is 2. The minimum absolute atomic E-state index is 0.271. The normalized spacial score (nSPS) is 14.4. The average Bonchev–Trinajstić information content (AvgIpc) is 2.84. The zero-order valence-corrected chi connectivity index (χ0v) is 15.9. The molecular formula is C21H21ClN2O2. The molecule has 0 radical (unpaired) electrons. The third-order valence-corrected chi connectivity index (χ3v) is 4.65. The van der Waals surface area contributed by atoms with Crippen molar-refractivity contribution in [3.05, 3.63) is 69.9 Å². The molecule has 2 aromatic carbocycles. The van der Waals surface area contributed by atoms with Crippen LogP contribution in [0, 0.1) is 13.8 Å². The van der Waals surface area contributed by atoms with E-state index in [0.29, 0.717) is 34.8 Å². The lowest BCUT2D eigenvalue weighted by molar-refractivity contribution is -0.136. The number of rotatable bonds is 5. The third kappa shape index (κ3) is 3.37. The van der Waals surface area contributed by atoms with Crippen LogP contribution in [0.1, 0.15) is 30.0 Å². The smallest absolute Gasteiger partial charge is 0.278 e. The Morgan fingerprint density at radius 1 is 1.00 bits per heavy atom. The Bertz CT molecular complexity index is 901. The summed E-state index contributed by atoms with van der Waals surface area (Å²) in [4.78, 5) is 27.1. The summed E-state index contributed by atoms with van der Waals surface area (Å²) >= 11 is 5.97. The molecule has 0 fully saturated rings. The molecule has 0 saturated carbocycles. The molecule has 0 atom stereocenters. The summed E-state index contributed by atoms with van der Waals surface area (Å²) in [5.41, 5.74) is 4.30. The van der Waals surface area contributed by atoms with Crippen molar-refractivity contribution in [3.8, 4) is 0 Å². The first-order valence-electron chi connectivity index (χ1n) is 8.63. The van der Waals surface area contributed by atoms with Gasteiger partial charge < -0.3 is 5.32 Å². The number of nitrogens with zero attached hydrogens (tertiary/aromatic N) is 1. The average molecular weight is 369 g/mol. The fourth-order valence-electron chi connectivity index (χ4n) is 3.01. The first-order chi connectivity index (χ1) is 12.4. The molecule has 3 rings (SSSR count). The Balaban J connectivity index is 2.10. The van der Waals surface area contributed by atoms with Gasteiger partial charge in [0.2, 0.25) is 0 Å². The van der Waals surface area contributed by atoms with E-state index in [0.717, 1.165) is 16.8 Å². The number of imide groups is 1. The fourth-order valence-corrected chi connectivity index (χ4v) is 3.13. The SMILES string of the molecule is CCCN1C(=O)C(Nc2cc(C)ccc2C)=C(c2ccc(Cl)cc2)C1=O.